The van der Waals surface area contributed by atoms with Gasteiger partial charge < -0.3 is 15.5 Å². The minimum absolute atomic E-state index is 0.709. The van der Waals surface area contributed by atoms with Crippen LogP contribution in [0.3, 0.4) is 0 Å². The highest BCUT2D eigenvalue weighted by molar-refractivity contribution is 7.14. The van der Waals surface area contributed by atoms with Crippen molar-refractivity contribution in [3.8, 4) is 0 Å². The van der Waals surface area contributed by atoms with E-state index in [0.717, 1.165) is 19.6 Å². The molecule has 2 N–H and O–H groups in total. The van der Waals surface area contributed by atoms with Crippen molar-refractivity contribution < 1.29 is 0 Å². The fourth-order valence-electron chi connectivity index (χ4n) is 2.05. The fourth-order valence-corrected chi connectivity index (χ4v) is 2.68. The van der Waals surface area contributed by atoms with Crippen LogP contribution in [0.2, 0.25) is 0 Å². The molecule has 1 fully saturated rings. The van der Waals surface area contributed by atoms with Crippen molar-refractivity contribution in [2.24, 2.45) is 5.92 Å². The van der Waals surface area contributed by atoms with Crippen LogP contribution in [0.1, 0.15) is 6.92 Å². The number of thiophene rings is 1. The van der Waals surface area contributed by atoms with E-state index in [1.165, 1.54) is 24.6 Å². The van der Waals surface area contributed by atoms with Gasteiger partial charge >= 0.3 is 0 Å². The first kappa shape index (κ1) is 11.9. The van der Waals surface area contributed by atoms with Crippen molar-refractivity contribution in [3.05, 3.63) is 17.5 Å². The van der Waals surface area contributed by atoms with E-state index in [2.05, 4.69) is 40.0 Å². The van der Waals surface area contributed by atoms with Gasteiger partial charge in [0.1, 0.15) is 0 Å². The Bertz CT molecular complexity index is 280. The van der Waals surface area contributed by atoms with Crippen LogP contribution < -0.4 is 10.6 Å². The molecular weight excluding hydrogens is 218 g/mol. The Labute approximate surface area is 102 Å². The lowest BCUT2D eigenvalue weighted by molar-refractivity contribution is 0.215. The molecule has 1 aromatic rings. The molecule has 0 bridgehead atoms. The van der Waals surface area contributed by atoms with Crippen LogP contribution in [0.15, 0.2) is 17.5 Å². The van der Waals surface area contributed by atoms with Crippen molar-refractivity contribution in [2.45, 2.75) is 6.92 Å². The molecule has 2 rings (SSSR count). The molecule has 1 saturated heterocycles. The van der Waals surface area contributed by atoms with E-state index >= 15 is 0 Å². The number of piperazine rings is 1. The van der Waals surface area contributed by atoms with E-state index in [0.29, 0.717) is 5.92 Å². The van der Waals surface area contributed by atoms with Crippen molar-refractivity contribution >= 4 is 16.3 Å². The third-order valence-corrected chi connectivity index (χ3v) is 3.75. The highest BCUT2D eigenvalue weighted by atomic mass is 32.1. The predicted molar refractivity (Wildman–Crippen MR) is 71.3 cm³/mol. The van der Waals surface area contributed by atoms with Gasteiger partial charge in [0.05, 0.1) is 5.00 Å². The van der Waals surface area contributed by atoms with E-state index in [4.69, 9.17) is 0 Å². The van der Waals surface area contributed by atoms with Crippen molar-refractivity contribution in [3.63, 3.8) is 0 Å². The lowest BCUT2D eigenvalue weighted by Gasteiger charge is -2.29. The van der Waals surface area contributed by atoms with Gasteiger partial charge in [-0.2, -0.15) is 0 Å². The van der Waals surface area contributed by atoms with Gasteiger partial charge in [0.15, 0.2) is 0 Å². The molecule has 2 heterocycles. The molecule has 1 atom stereocenters. The molecule has 16 heavy (non-hydrogen) atoms. The summed E-state index contributed by atoms with van der Waals surface area (Å²) >= 11 is 1.78. The molecule has 0 amide bonds. The summed E-state index contributed by atoms with van der Waals surface area (Å²) in [6.45, 7) is 9.29. The molecule has 4 heteroatoms. The van der Waals surface area contributed by atoms with Crippen LogP contribution in [0.25, 0.3) is 0 Å². The molecular formula is C12H21N3S. The van der Waals surface area contributed by atoms with Gasteiger partial charge in [-0.1, -0.05) is 6.92 Å². The van der Waals surface area contributed by atoms with Crippen LogP contribution in [0.4, 0.5) is 5.00 Å². The first-order valence-corrected chi connectivity index (χ1v) is 6.93. The Morgan fingerprint density at radius 1 is 1.50 bits per heavy atom. The quantitative estimate of drug-likeness (QED) is 0.819. The third kappa shape index (κ3) is 3.77. The first-order chi connectivity index (χ1) is 7.84. The zero-order valence-electron chi connectivity index (χ0n) is 9.91. The first-order valence-electron chi connectivity index (χ1n) is 6.05. The summed E-state index contributed by atoms with van der Waals surface area (Å²) in [4.78, 5) is 2.55. The summed E-state index contributed by atoms with van der Waals surface area (Å²) in [5, 5.41) is 10.3. The summed E-state index contributed by atoms with van der Waals surface area (Å²) in [6.07, 6.45) is 0. The van der Waals surface area contributed by atoms with E-state index in [9.17, 15) is 0 Å². The van der Waals surface area contributed by atoms with Crippen LogP contribution in [-0.2, 0) is 0 Å². The van der Waals surface area contributed by atoms with Gasteiger partial charge in [0, 0.05) is 39.3 Å². The number of nitrogens with zero attached hydrogens (tertiary/aromatic N) is 1. The fraction of sp³-hybridized carbons (Fsp3) is 0.667. The summed E-state index contributed by atoms with van der Waals surface area (Å²) in [5.74, 6) is 0.709. The van der Waals surface area contributed by atoms with Gasteiger partial charge in [0.2, 0.25) is 0 Å². The van der Waals surface area contributed by atoms with Crippen LogP contribution in [-0.4, -0.2) is 44.2 Å². The zero-order chi connectivity index (χ0) is 11.2. The molecule has 1 aliphatic heterocycles. The molecule has 3 nitrogen and oxygen atoms in total. The predicted octanol–water partition coefficient (Wildman–Crippen LogP) is 1.70. The maximum absolute atomic E-state index is 3.49. The molecule has 0 aromatic carbocycles. The second-order valence-corrected chi connectivity index (χ2v) is 5.46. The summed E-state index contributed by atoms with van der Waals surface area (Å²) in [6, 6.07) is 4.23. The Morgan fingerprint density at radius 2 is 2.31 bits per heavy atom. The SMILES string of the molecule is CC(CNc1cccs1)CN1CCNCC1. The molecule has 1 aliphatic rings. The molecule has 0 aliphatic carbocycles. The second-order valence-electron chi connectivity index (χ2n) is 4.51. The second kappa shape index (κ2) is 6.23. The average molecular weight is 239 g/mol. The van der Waals surface area contributed by atoms with Gasteiger partial charge in [0.25, 0.3) is 0 Å². The van der Waals surface area contributed by atoms with E-state index in [1.807, 2.05) is 0 Å². The van der Waals surface area contributed by atoms with Crippen molar-refractivity contribution in [1.29, 1.82) is 0 Å². The van der Waals surface area contributed by atoms with Crippen molar-refractivity contribution in [1.82, 2.24) is 10.2 Å². The summed E-state index contributed by atoms with van der Waals surface area (Å²) in [7, 11) is 0. The molecule has 1 unspecified atom stereocenters. The normalized spacial score (nSPS) is 19.6. The van der Waals surface area contributed by atoms with Gasteiger partial charge in [-0.15, -0.1) is 11.3 Å². The summed E-state index contributed by atoms with van der Waals surface area (Å²) in [5.41, 5.74) is 0. The zero-order valence-corrected chi connectivity index (χ0v) is 10.7. The van der Waals surface area contributed by atoms with Gasteiger partial charge in [-0.3, -0.25) is 0 Å². The van der Waals surface area contributed by atoms with Gasteiger partial charge in [-0.05, 0) is 23.4 Å². The smallest absolute Gasteiger partial charge is 0.0882 e. The molecule has 0 saturated carbocycles. The molecule has 1 aromatic heterocycles. The van der Waals surface area contributed by atoms with Crippen LogP contribution in [0.5, 0.6) is 0 Å². The van der Waals surface area contributed by atoms with E-state index in [1.54, 1.807) is 11.3 Å². The van der Waals surface area contributed by atoms with Crippen LogP contribution >= 0.6 is 11.3 Å². The third-order valence-electron chi connectivity index (χ3n) is 2.93. The van der Waals surface area contributed by atoms with E-state index in [-0.39, 0.29) is 0 Å². The number of anilines is 1. The Balaban J connectivity index is 1.65. The standard InChI is InChI=1S/C12H21N3S/c1-11(9-14-12-3-2-8-16-12)10-15-6-4-13-5-7-15/h2-3,8,11,13-14H,4-7,9-10H2,1H3. The highest BCUT2D eigenvalue weighted by Crippen LogP contribution is 2.15. The number of hydrogen-bond acceptors (Lipinski definition) is 4. The number of hydrogen-bond donors (Lipinski definition) is 2. The summed E-state index contributed by atoms with van der Waals surface area (Å²) < 4.78 is 0. The lowest BCUT2D eigenvalue weighted by Crippen LogP contribution is -2.45. The Kier molecular flexibility index (Phi) is 4.63. The molecule has 0 radical (unpaired) electrons. The minimum atomic E-state index is 0.709. The molecule has 90 valence electrons. The maximum Gasteiger partial charge on any atom is 0.0882 e. The lowest BCUT2D eigenvalue weighted by atomic mass is 10.1. The number of nitrogens with one attached hydrogen (secondary N) is 2. The minimum Gasteiger partial charge on any atom is -0.377 e. The Morgan fingerprint density at radius 3 is 3.00 bits per heavy atom. The Hall–Kier alpha value is -0.580. The number of rotatable bonds is 5. The topological polar surface area (TPSA) is 27.3 Å². The maximum atomic E-state index is 3.49. The average Bonchev–Trinajstić information content (AvgIpc) is 2.81. The monoisotopic (exact) mass is 239 g/mol. The van der Waals surface area contributed by atoms with Crippen LogP contribution in [0, 0.1) is 5.92 Å². The van der Waals surface area contributed by atoms with E-state index < -0.39 is 0 Å². The molecule has 0 spiro atoms. The highest BCUT2D eigenvalue weighted by Gasteiger charge is 2.12. The van der Waals surface area contributed by atoms with Crippen molar-refractivity contribution in [2.75, 3.05) is 44.6 Å². The largest absolute Gasteiger partial charge is 0.377 e. The van der Waals surface area contributed by atoms with Gasteiger partial charge in [-0.25, -0.2) is 0 Å².